The smallest absolute Gasteiger partial charge is 0.236 e. The summed E-state index contributed by atoms with van der Waals surface area (Å²) < 4.78 is 56.0. The van der Waals surface area contributed by atoms with Crippen molar-refractivity contribution >= 4 is 74.3 Å². The van der Waals surface area contributed by atoms with E-state index in [1.807, 2.05) is 10.9 Å². The highest BCUT2D eigenvalue weighted by atomic mass is 35.5. The number of unbranched alkanes of at least 4 members (excludes halogenated alkanes) is 3. The largest absolute Gasteiger partial charge is 0.388 e. The molecule has 4 bridgehead atoms. The molecule has 414 valence electrons. The number of fused-ring (bicyclic) bond motifs is 4. The molecule has 3 aromatic rings. The average molecular weight is 1130 g/mol. The number of aryl methyl sites for hydroxylation is 2. The molecular weight excluding hydrogens is 1060 g/mol. The Hall–Kier alpha value is -3.63. The van der Waals surface area contributed by atoms with Crippen LogP contribution in [0, 0.1) is 0 Å². The van der Waals surface area contributed by atoms with Crippen LogP contribution in [-0.2, 0) is 65.2 Å². The minimum absolute atomic E-state index is 0.0177. The fraction of sp³-hybridized carbons (Fsp3) is 0.791. The molecule has 0 radical (unpaired) electrons. The number of carbonyl (C=O) groups is 3. The van der Waals surface area contributed by atoms with Gasteiger partial charge in [0.1, 0.15) is 47.7 Å². The number of aliphatic hydroxyl groups excluding tert-OH is 4. The molecule has 0 aromatic carbocycles. The lowest BCUT2D eigenvalue weighted by Gasteiger charge is -2.42. The summed E-state index contributed by atoms with van der Waals surface area (Å²) in [5.74, 6) is -0.800. The molecule has 74 heavy (non-hydrogen) atoms. The predicted molar refractivity (Wildman–Crippen MR) is 263 cm³/mol. The predicted octanol–water partition coefficient (Wildman–Crippen LogP) is -0.590. The van der Waals surface area contributed by atoms with E-state index in [1.54, 1.807) is 0 Å². The Balaban J connectivity index is 0.766. The number of amides is 3. The van der Waals surface area contributed by atoms with E-state index < -0.39 is 66.3 Å². The Morgan fingerprint density at radius 1 is 0.743 bits per heavy atom. The Labute approximate surface area is 444 Å². The minimum atomic E-state index is -1.35. The average Bonchev–Trinajstić information content (AvgIpc) is 4.25. The van der Waals surface area contributed by atoms with Gasteiger partial charge < -0.3 is 84.9 Å². The van der Waals surface area contributed by atoms with Gasteiger partial charge >= 0.3 is 0 Å². The van der Waals surface area contributed by atoms with E-state index in [0.29, 0.717) is 23.2 Å². The summed E-state index contributed by atoms with van der Waals surface area (Å²) in [5, 5.41) is 67.2. The van der Waals surface area contributed by atoms with E-state index in [1.165, 1.54) is 0 Å². The summed E-state index contributed by atoms with van der Waals surface area (Å²) in [6, 6.07) is -2.23. The van der Waals surface area contributed by atoms with E-state index in [4.69, 9.17) is 61.1 Å². The van der Waals surface area contributed by atoms with Crippen LogP contribution in [-0.4, -0.2) is 217 Å². The van der Waals surface area contributed by atoms with Gasteiger partial charge in [0.25, 0.3) is 0 Å². The molecule has 4 fully saturated rings. The number of aromatic nitrogens is 7. The van der Waals surface area contributed by atoms with Crippen LogP contribution in [0.4, 0.5) is 10.3 Å². The van der Waals surface area contributed by atoms with Crippen molar-refractivity contribution in [1.29, 1.82) is 0 Å². The number of rotatable bonds is 34. The maximum absolute atomic E-state index is 13.0. The lowest BCUT2D eigenvalue weighted by atomic mass is 9.88. The lowest BCUT2D eigenvalue weighted by Crippen LogP contribution is -2.64. The molecule has 4 saturated heterocycles. The molecule has 31 heteroatoms. The zero-order valence-corrected chi connectivity index (χ0v) is 44.0. The first-order valence-corrected chi connectivity index (χ1v) is 26.9. The highest BCUT2D eigenvalue weighted by Gasteiger charge is 2.61. The van der Waals surface area contributed by atoms with Crippen molar-refractivity contribution < 1.29 is 72.7 Å². The van der Waals surface area contributed by atoms with Gasteiger partial charge in [0.05, 0.1) is 77.8 Å². The van der Waals surface area contributed by atoms with Crippen molar-refractivity contribution in [2.24, 2.45) is 0 Å². The summed E-state index contributed by atoms with van der Waals surface area (Å²) in [6.45, 7) is 3.22. The lowest BCUT2D eigenvalue weighted by molar-refractivity contribution is -0.229. The van der Waals surface area contributed by atoms with E-state index >= 15 is 0 Å². The van der Waals surface area contributed by atoms with Crippen molar-refractivity contribution in [2.45, 2.75) is 138 Å². The number of carbonyl (C=O) groups excluding carboxylic acids is 3. The molecule has 0 saturated carbocycles. The second-order valence-corrected chi connectivity index (χ2v) is 20.5. The summed E-state index contributed by atoms with van der Waals surface area (Å²) in [4.78, 5) is 46.3. The van der Waals surface area contributed by atoms with Crippen molar-refractivity contribution in [3.63, 3.8) is 0 Å². The quantitative estimate of drug-likeness (QED) is 0.0338. The van der Waals surface area contributed by atoms with Crippen molar-refractivity contribution in [3.05, 3.63) is 22.5 Å². The third-order valence-corrected chi connectivity index (χ3v) is 14.4. The molecule has 3 aromatic heterocycles. The van der Waals surface area contributed by atoms with Gasteiger partial charge in [-0.1, -0.05) is 25.0 Å². The van der Waals surface area contributed by atoms with Crippen LogP contribution in [0.2, 0.25) is 10.6 Å². The topological polar surface area (TPSA) is 348 Å². The summed E-state index contributed by atoms with van der Waals surface area (Å²) in [5.41, 5.74) is -1.64. The molecule has 0 spiro atoms. The maximum Gasteiger partial charge on any atom is 0.236 e. The van der Waals surface area contributed by atoms with Crippen molar-refractivity contribution in [2.75, 3.05) is 89.8 Å². The van der Waals surface area contributed by atoms with Gasteiger partial charge in [0.15, 0.2) is 12.6 Å². The number of nitrogens with one attached hydrogen (secondary N) is 5. The van der Waals surface area contributed by atoms with Gasteiger partial charge in [-0.05, 0) is 48.9 Å². The SMILES string of the molecule is CCCCc1cn(CCCCCC(=O)NC(COCCC(=O)NCCOC[C@@]23CO[C@@H](O2)[C@H](Nc2nc(Cl)ns2)[C@@H](O)[C@H]3O)COCCC(=O)NCCOC[C@@]23CO[C@@H](O2)[C@H](Nc2nc(Cl)ns2)[C@@H](O)[C@H]3O)nn1. The Morgan fingerprint density at radius 2 is 1.28 bits per heavy atom. The normalized spacial score (nSPS) is 27.1. The van der Waals surface area contributed by atoms with Crippen molar-refractivity contribution in [3.8, 4) is 0 Å². The Morgan fingerprint density at radius 3 is 1.78 bits per heavy atom. The number of hydrogen-bond donors (Lipinski definition) is 9. The molecule has 7 heterocycles. The molecular formula is C43H66Cl2N12O15S2. The summed E-state index contributed by atoms with van der Waals surface area (Å²) in [7, 11) is 0. The Kier molecular flexibility index (Phi) is 22.5. The van der Waals surface area contributed by atoms with Crippen LogP contribution < -0.4 is 26.6 Å². The van der Waals surface area contributed by atoms with Gasteiger partial charge in [-0.25, -0.2) is 0 Å². The van der Waals surface area contributed by atoms with Crippen molar-refractivity contribution in [1.82, 2.24) is 49.7 Å². The van der Waals surface area contributed by atoms with Crippen LogP contribution in [0.1, 0.15) is 64.0 Å². The first kappa shape index (κ1) is 58.1. The molecule has 0 unspecified atom stereocenters. The van der Waals surface area contributed by atoms with Crippen LogP contribution in [0.5, 0.6) is 0 Å². The van der Waals surface area contributed by atoms with E-state index in [-0.39, 0.29) is 127 Å². The molecule has 0 aliphatic carbocycles. The standard InChI is InChI=1S/C43H66Cl2N12O15S2/c1-2-3-7-25-18-57(56-53-25)13-6-4-5-8-29(60)48-26(19-65-14-9-27(58)46-11-16-67-21-42-23-69-36(71-42)30(32(61)34(42)63)49-40-51-38(44)54-73-40)20-66-15-10-28(59)47-12-17-68-22-43-24-70-37(72-43)31(33(62)35(43)64)50-41-52-39(45)55-74-41/h18,26,30-37,61-64H,2-17,19-24H2,1H3,(H,46,58)(H,47,59)(H,48,60)(H,49,51,54)(H,50,52,55)/t30-,31-,32-,33-,34-,35-,36+,37+,42+,43+/m1/s1. The fourth-order valence-electron chi connectivity index (χ4n) is 8.55. The minimum Gasteiger partial charge on any atom is -0.388 e. The van der Waals surface area contributed by atoms with Gasteiger partial charge in [-0.15, -0.1) is 5.10 Å². The molecule has 10 atom stereocenters. The first-order valence-electron chi connectivity index (χ1n) is 24.6. The van der Waals surface area contributed by atoms with Gasteiger partial charge in [0.2, 0.25) is 38.6 Å². The van der Waals surface area contributed by atoms with Gasteiger partial charge in [-0.2, -0.15) is 18.7 Å². The monoisotopic (exact) mass is 1120 g/mol. The van der Waals surface area contributed by atoms with Gasteiger partial charge in [-0.3, -0.25) is 19.1 Å². The molecule has 3 amide bonds. The third-order valence-electron chi connectivity index (χ3n) is 12.6. The zero-order valence-electron chi connectivity index (χ0n) is 40.8. The number of nitrogens with zero attached hydrogens (tertiary/aromatic N) is 7. The van der Waals surface area contributed by atoms with Gasteiger partial charge in [0, 0.05) is 68.2 Å². The molecule has 27 nitrogen and oxygen atoms in total. The zero-order chi connectivity index (χ0) is 52.5. The van der Waals surface area contributed by atoms with Crippen LogP contribution in [0.3, 0.4) is 0 Å². The van der Waals surface area contributed by atoms with E-state index in [2.05, 4.69) is 62.5 Å². The molecule has 7 rings (SSSR count). The van der Waals surface area contributed by atoms with E-state index in [0.717, 1.165) is 60.9 Å². The third kappa shape index (κ3) is 16.4. The second-order valence-electron chi connectivity index (χ2n) is 18.3. The first-order chi connectivity index (χ1) is 35.8. The summed E-state index contributed by atoms with van der Waals surface area (Å²) >= 11 is 13.6. The number of hydrogen-bond acceptors (Lipinski definition) is 25. The van der Waals surface area contributed by atoms with Crippen LogP contribution in [0.15, 0.2) is 6.20 Å². The highest BCUT2D eigenvalue weighted by Crippen LogP contribution is 2.40. The second kappa shape index (κ2) is 28.7. The maximum atomic E-state index is 13.0. The number of anilines is 2. The van der Waals surface area contributed by atoms with E-state index in [9.17, 15) is 34.8 Å². The molecule has 4 aliphatic rings. The Bertz CT molecular complexity index is 2110. The number of aliphatic hydroxyl groups is 4. The number of ether oxygens (including phenoxy) is 8. The molecule has 4 aliphatic heterocycles. The molecule has 9 N–H and O–H groups in total. The van der Waals surface area contributed by atoms with Crippen LogP contribution >= 0.6 is 46.3 Å². The summed E-state index contributed by atoms with van der Waals surface area (Å²) in [6.07, 6.45) is 0.587. The van der Waals surface area contributed by atoms with Crippen LogP contribution in [0.25, 0.3) is 0 Å². The highest BCUT2D eigenvalue weighted by molar-refractivity contribution is 7.10. The fourth-order valence-corrected chi connectivity index (χ4v) is 10.1. The number of halogens is 2.